The number of aromatic nitrogens is 1. The molecule has 1 aliphatic carbocycles. The summed E-state index contributed by atoms with van der Waals surface area (Å²) in [5.41, 5.74) is 2.22. The van der Waals surface area contributed by atoms with Crippen LogP contribution in [0.25, 0.3) is 0 Å². The van der Waals surface area contributed by atoms with Gasteiger partial charge in [-0.05, 0) is 64.2 Å². The summed E-state index contributed by atoms with van der Waals surface area (Å²) < 4.78 is 6.16. The molecule has 166 valence electrons. The first kappa shape index (κ1) is 21.5. The van der Waals surface area contributed by atoms with Crippen molar-refractivity contribution in [2.24, 2.45) is 4.99 Å². The highest BCUT2D eigenvalue weighted by Crippen LogP contribution is 2.28. The minimum absolute atomic E-state index is 0.379. The summed E-state index contributed by atoms with van der Waals surface area (Å²) in [5.74, 6) is 2.95. The number of aryl methyl sites for hydroxylation is 1. The number of hydrogen-bond acceptors (Lipinski definition) is 4. The molecule has 1 aliphatic heterocycles. The van der Waals surface area contributed by atoms with Crippen molar-refractivity contribution in [3.63, 3.8) is 0 Å². The zero-order valence-electron chi connectivity index (χ0n) is 18.8. The average Bonchev–Trinajstić information content (AvgIpc) is 2.76. The first-order chi connectivity index (χ1) is 15.2. The summed E-state index contributed by atoms with van der Waals surface area (Å²) in [6.07, 6.45) is 6.13. The van der Waals surface area contributed by atoms with Crippen LogP contribution in [0, 0.1) is 6.92 Å². The number of guanidine groups is 1. The molecule has 0 spiro atoms. The fraction of sp³-hybridized carbons (Fsp3) is 0.520. The summed E-state index contributed by atoms with van der Waals surface area (Å²) in [6, 6.07) is 15.0. The van der Waals surface area contributed by atoms with Crippen molar-refractivity contribution in [2.45, 2.75) is 64.6 Å². The highest BCUT2D eigenvalue weighted by Gasteiger charge is 2.22. The van der Waals surface area contributed by atoms with Crippen molar-refractivity contribution in [1.29, 1.82) is 0 Å². The van der Waals surface area contributed by atoms with Crippen LogP contribution in [0.3, 0.4) is 0 Å². The number of para-hydroxylation sites is 1. The van der Waals surface area contributed by atoms with Crippen LogP contribution >= 0.6 is 0 Å². The maximum atomic E-state index is 6.16. The minimum atomic E-state index is 0.379. The normalized spacial score (nSPS) is 17.9. The van der Waals surface area contributed by atoms with Gasteiger partial charge in [0.05, 0.1) is 12.6 Å². The van der Waals surface area contributed by atoms with Gasteiger partial charge in [0.2, 0.25) is 0 Å². The van der Waals surface area contributed by atoms with Gasteiger partial charge in [-0.25, -0.2) is 9.98 Å². The van der Waals surface area contributed by atoms with E-state index in [9.17, 15) is 0 Å². The molecule has 2 fully saturated rings. The molecule has 31 heavy (non-hydrogen) atoms. The molecule has 1 saturated heterocycles. The molecule has 2 heterocycles. The molecule has 6 nitrogen and oxygen atoms in total. The smallest absolute Gasteiger partial charge is 0.191 e. The van der Waals surface area contributed by atoms with Crippen LogP contribution in [0.15, 0.2) is 47.5 Å². The van der Waals surface area contributed by atoms with Gasteiger partial charge in [0.15, 0.2) is 5.96 Å². The molecule has 0 atom stereocenters. The standard InChI is InChI=1S/C25H35N5O/c1-3-26-25(27-18-20-9-4-5-12-23(20)31-22-10-7-11-22)29-21-14-16-30(17-15-21)24-13-6-8-19(2)28-24/h4-6,8-9,12-13,21-22H,3,7,10-11,14-18H2,1-2H3,(H2,26,27,29). The number of nitrogens with zero attached hydrogens (tertiary/aromatic N) is 3. The number of anilines is 1. The highest BCUT2D eigenvalue weighted by molar-refractivity contribution is 5.80. The van der Waals surface area contributed by atoms with Crippen molar-refractivity contribution < 1.29 is 4.74 Å². The van der Waals surface area contributed by atoms with Gasteiger partial charge in [0.1, 0.15) is 11.6 Å². The monoisotopic (exact) mass is 421 g/mol. The Bertz CT molecular complexity index is 872. The van der Waals surface area contributed by atoms with E-state index in [-0.39, 0.29) is 0 Å². The van der Waals surface area contributed by atoms with Gasteiger partial charge in [0.25, 0.3) is 0 Å². The molecule has 6 heteroatoms. The van der Waals surface area contributed by atoms with Crippen molar-refractivity contribution in [3.8, 4) is 5.75 Å². The van der Waals surface area contributed by atoms with Crippen LogP contribution in [-0.4, -0.2) is 42.7 Å². The Balaban J connectivity index is 1.34. The van der Waals surface area contributed by atoms with E-state index in [2.05, 4.69) is 57.8 Å². The fourth-order valence-electron chi connectivity index (χ4n) is 4.05. The summed E-state index contributed by atoms with van der Waals surface area (Å²) >= 11 is 0. The number of benzene rings is 1. The van der Waals surface area contributed by atoms with Gasteiger partial charge in [-0.2, -0.15) is 0 Å². The average molecular weight is 422 g/mol. The lowest BCUT2D eigenvalue weighted by molar-refractivity contribution is 0.119. The lowest BCUT2D eigenvalue weighted by Crippen LogP contribution is -2.48. The predicted molar refractivity (Wildman–Crippen MR) is 127 cm³/mol. The summed E-state index contributed by atoms with van der Waals surface area (Å²) in [7, 11) is 0. The van der Waals surface area contributed by atoms with E-state index in [1.165, 1.54) is 19.3 Å². The van der Waals surface area contributed by atoms with E-state index < -0.39 is 0 Å². The van der Waals surface area contributed by atoms with Crippen molar-refractivity contribution in [3.05, 3.63) is 53.7 Å². The van der Waals surface area contributed by atoms with Crippen molar-refractivity contribution in [2.75, 3.05) is 24.5 Å². The van der Waals surface area contributed by atoms with E-state index in [1.807, 2.05) is 19.1 Å². The maximum Gasteiger partial charge on any atom is 0.191 e. The third-order valence-corrected chi connectivity index (χ3v) is 6.10. The zero-order chi connectivity index (χ0) is 21.5. The second-order valence-electron chi connectivity index (χ2n) is 8.52. The molecule has 0 unspecified atom stereocenters. The molecule has 2 aromatic rings. The third kappa shape index (κ3) is 5.90. The van der Waals surface area contributed by atoms with Crippen LogP contribution in [0.2, 0.25) is 0 Å². The summed E-state index contributed by atoms with van der Waals surface area (Å²) in [6.45, 7) is 7.63. The number of nitrogens with one attached hydrogen (secondary N) is 2. The SMILES string of the molecule is CCNC(=NCc1ccccc1OC1CCC1)NC1CCN(c2cccc(C)n2)CC1. The molecular formula is C25H35N5O. The Kier molecular flexibility index (Phi) is 7.28. The summed E-state index contributed by atoms with van der Waals surface area (Å²) in [5, 5.41) is 7.05. The largest absolute Gasteiger partial charge is 0.490 e. The number of hydrogen-bond donors (Lipinski definition) is 2. The van der Waals surface area contributed by atoms with Gasteiger partial charge >= 0.3 is 0 Å². The molecule has 0 amide bonds. The molecular weight excluding hydrogens is 386 g/mol. The van der Waals surface area contributed by atoms with Crippen LogP contribution in [-0.2, 0) is 6.54 Å². The van der Waals surface area contributed by atoms with Gasteiger partial charge in [-0.15, -0.1) is 0 Å². The fourth-order valence-corrected chi connectivity index (χ4v) is 4.05. The van der Waals surface area contributed by atoms with Crippen molar-refractivity contribution in [1.82, 2.24) is 15.6 Å². The van der Waals surface area contributed by atoms with E-state index >= 15 is 0 Å². The van der Waals surface area contributed by atoms with Crippen LogP contribution in [0.5, 0.6) is 5.75 Å². The van der Waals surface area contributed by atoms with Crippen LogP contribution in [0.1, 0.15) is 50.3 Å². The third-order valence-electron chi connectivity index (χ3n) is 6.10. The van der Waals surface area contributed by atoms with Crippen LogP contribution in [0.4, 0.5) is 5.82 Å². The first-order valence-electron chi connectivity index (χ1n) is 11.7. The number of aliphatic imine (C=N–C) groups is 1. The number of pyridine rings is 1. The van der Waals surface area contributed by atoms with Crippen molar-refractivity contribution >= 4 is 11.8 Å². The van der Waals surface area contributed by atoms with Gasteiger partial charge < -0.3 is 20.3 Å². The first-order valence-corrected chi connectivity index (χ1v) is 11.7. The van der Waals surface area contributed by atoms with Crippen LogP contribution < -0.4 is 20.3 Å². The molecule has 1 saturated carbocycles. The highest BCUT2D eigenvalue weighted by atomic mass is 16.5. The molecule has 0 radical (unpaired) electrons. The predicted octanol–water partition coefficient (Wildman–Crippen LogP) is 4.05. The number of piperidine rings is 1. The maximum absolute atomic E-state index is 6.16. The minimum Gasteiger partial charge on any atom is -0.490 e. The quantitative estimate of drug-likeness (QED) is 0.522. The molecule has 2 aliphatic rings. The molecule has 2 N–H and O–H groups in total. The lowest BCUT2D eigenvalue weighted by Gasteiger charge is -2.34. The molecule has 0 bridgehead atoms. The molecule has 1 aromatic carbocycles. The topological polar surface area (TPSA) is 61.8 Å². The van der Waals surface area contributed by atoms with E-state index in [4.69, 9.17) is 9.73 Å². The second kappa shape index (κ2) is 10.5. The van der Waals surface area contributed by atoms with Gasteiger partial charge in [-0.1, -0.05) is 24.3 Å². The Morgan fingerprint density at radius 1 is 1.10 bits per heavy atom. The van der Waals surface area contributed by atoms with E-state index in [0.29, 0.717) is 18.7 Å². The van der Waals surface area contributed by atoms with Gasteiger partial charge in [-0.3, -0.25) is 0 Å². The molecule has 1 aromatic heterocycles. The number of ether oxygens (including phenoxy) is 1. The van der Waals surface area contributed by atoms with Gasteiger partial charge in [0, 0.05) is 36.9 Å². The lowest BCUT2D eigenvalue weighted by atomic mass is 9.96. The Labute approximate surface area is 186 Å². The Morgan fingerprint density at radius 2 is 1.90 bits per heavy atom. The van der Waals surface area contributed by atoms with E-state index in [0.717, 1.165) is 61.3 Å². The summed E-state index contributed by atoms with van der Waals surface area (Å²) in [4.78, 5) is 11.9. The second-order valence-corrected chi connectivity index (χ2v) is 8.52. The Hall–Kier alpha value is -2.76. The van der Waals surface area contributed by atoms with E-state index in [1.54, 1.807) is 0 Å². The zero-order valence-corrected chi connectivity index (χ0v) is 18.8. The molecule has 4 rings (SSSR count). The number of rotatable bonds is 7. The Morgan fingerprint density at radius 3 is 2.61 bits per heavy atom.